The van der Waals surface area contributed by atoms with Crippen LogP contribution in [-0.2, 0) is 36.8 Å². The molecule has 14 nitrogen and oxygen atoms in total. The summed E-state index contributed by atoms with van der Waals surface area (Å²) in [5.74, 6) is -5.86. The topological polar surface area (TPSA) is 226 Å². The number of imidazole rings is 1. The van der Waals surface area contributed by atoms with Gasteiger partial charge in [-0.1, -0.05) is 34.1 Å². The molecule has 0 spiro atoms. The molecule has 2 aromatic rings. The molecule has 2 heterocycles. The summed E-state index contributed by atoms with van der Waals surface area (Å²) in [4.78, 5) is 87.2. The van der Waals surface area contributed by atoms with E-state index in [2.05, 4.69) is 20.3 Å². The van der Waals surface area contributed by atoms with Crippen molar-refractivity contribution in [2.45, 2.75) is 77.9 Å². The molecule has 0 saturated carbocycles. The summed E-state index contributed by atoms with van der Waals surface area (Å²) in [7, 11) is 1.53. The van der Waals surface area contributed by atoms with Crippen LogP contribution >= 0.6 is 11.3 Å². The Labute approximate surface area is 253 Å². The molecule has 2 aromatic heterocycles. The number of carboxylic acid groups (broad SMARTS) is 2. The molecular formula is C28H40N6O8S. The molecule has 0 aromatic carbocycles. The molecule has 5 atom stereocenters. The van der Waals surface area contributed by atoms with Crippen molar-refractivity contribution in [2.75, 3.05) is 7.05 Å². The van der Waals surface area contributed by atoms with Gasteiger partial charge in [-0.25, -0.2) is 14.8 Å². The summed E-state index contributed by atoms with van der Waals surface area (Å²) >= 11 is 1.01. The van der Waals surface area contributed by atoms with E-state index < -0.39 is 48.3 Å². The van der Waals surface area contributed by atoms with Gasteiger partial charge >= 0.3 is 11.9 Å². The maximum Gasteiger partial charge on any atom is 0.326 e. The number of aromatic amines is 1. The number of Topliss-reactive ketones (excluding diaryl/α,β-unsaturated/α-hetero) is 2. The second-order valence-corrected chi connectivity index (χ2v) is 11.9. The van der Waals surface area contributed by atoms with Gasteiger partial charge in [-0.15, -0.1) is 11.3 Å². The molecule has 0 saturated heterocycles. The van der Waals surface area contributed by atoms with Gasteiger partial charge in [0.15, 0.2) is 11.6 Å². The molecule has 0 aliphatic rings. The Bertz CT molecular complexity index is 1290. The first-order valence-electron chi connectivity index (χ1n) is 13.9. The summed E-state index contributed by atoms with van der Waals surface area (Å²) in [5, 5.41) is 21.8. The Morgan fingerprint density at radius 1 is 1.09 bits per heavy atom. The monoisotopic (exact) mass is 620 g/mol. The number of carbonyl (C=O) groups is 6. The van der Waals surface area contributed by atoms with Gasteiger partial charge in [0.1, 0.15) is 16.7 Å². The number of hydrogen-bond acceptors (Lipinski definition) is 10. The van der Waals surface area contributed by atoms with Crippen LogP contribution in [0.2, 0.25) is 0 Å². The minimum atomic E-state index is -1.65. The van der Waals surface area contributed by atoms with Crippen molar-refractivity contribution in [1.82, 2.24) is 25.2 Å². The van der Waals surface area contributed by atoms with Gasteiger partial charge in [0, 0.05) is 43.1 Å². The number of hydrogen-bond donors (Lipinski definition) is 5. The van der Waals surface area contributed by atoms with Crippen LogP contribution in [-0.4, -0.2) is 90.6 Å². The van der Waals surface area contributed by atoms with Crippen molar-refractivity contribution in [3.8, 4) is 0 Å². The summed E-state index contributed by atoms with van der Waals surface area (Å²) < 4.78 is 0. The summed E-state index contributed by atoms with van der Waals surface area (Å²) in [5.41, 5.74) is 6.69. The number of H-pyrrole nitrogens is 1. The molecule has 0 aliphatic heterocycles. The van der Waals surface area contributed by atoms with Crippen molar-refractivity contribution in [3.63, 3.8) is 0 Å². The predicted octanol–water partition coefficient (Wildman–Crippen LogP) is 1.31. The van der Waals surface area contributed by atoms with E-state index in [1.165, 1.54) is 23.7 Å². The molecule has 2 amide bonds. The van der Waals surface area contributed by atoms with Gasteiger partial charge in [0.2, 0.25) is 5.91 Å². The fourth-order valence-corrected chi connectivity index (χ4v) is 5.51. The van der Waals surface area contributed by atoms with Crippen LogP contribution in [0.3, 0.4) is 0 Å². The number of nitrogens with one attached hydrogen (secondary N) is 2. The highest BCUT2D eigenvalue weighted by atomic mass is 32.1. The van der Waals surface area contributed by atoms with Crippen LogP contribution in [0.5, 0.6) is 0 Å². The average molecular weight is 621 g/mol. The fourth-order valence-electron chi connectivity index (χ4n) is 4.72. The third kappa shape index (κ3) is 10.1. The van der Waals surface area contributed by atoms with Crippen molar-refractivity contribution < 1.29 is 39.0 Å². The van der Waals surface area contributed by atoms with Gasteiger partial charge in [-0.05, 0) is 11.8 Å². The molecule has 0 fully saturated rings. The average Bonchev–Trinajstić information content (AvgIpc) is 3.62. The second-order valence-electron chi connectivity index (χ2n) is 10.9. The van der Waals surface area contributed by atoms with Crippen LogP contribution < -0.4 is 11.1 Å². The number of rotatable bonds is 18. The molecule has 2 unspecified atom stereocenters. The van der Waals surface area contributed by atoms with Gasteiger partial charge < -0.3 is 31.1 Å². The van der Waals surface area contributed by atoms with E-state index in [4.69, 9.17) is 15.9 Å². The number of amides is 2. The van der Waals surface area contributed by atoms with Gasteiger partial charge in [-0.3, -0.25) is 24.0 Å². The van der Waals surface area contributed by atoms with Crippen molar-refractivity contribution in [3.05, 3.63) is 34.3 Å². The Morgan fingerprint density at radius 2 is 1.77 bits per heavy atom. The lowest BCUT2D eigenvalue weighted by atomic mass is 9.83. The van der Waals surface area contributed by atoms with Gasteiger partial charge in [-0.2, -0.15) is 0 Å². The number of aliphatic carboxylic acids is 2. The third-order valence-corrected chi connectivity index (χ3v) is 8.14. The largest absolute Gasteiger partial charge is 0.481 e. The smallest absolute Gasteiger partial charge is 0.326 e. The van der Waals surface area contributed by atoms with Gasteiger partial charge in [0.05, 0.1) is 31.3 Å². The first-order chi connectivity index (χ1) is 20.2. The molecule has 15 heteroatoms. The molecule has 236 valence electrons. The number of nitrogens with zero attached hydrogens (tertiary/aromatic N) is 3. The van der Waals surface area contributed by atoms with E-state index in [0.717, 1.165) is 11.3 Å². The highest BCUT2D eigenvalue weighted by Gasteiger charge is 2.37. The predicted molar refractivity (Wildman–Crippen MR) is 156 cm³/mol. The Kier molecular flexibility index (Phi) is 13.1. The maximum absolute atomic E-state index is 13.8. The van der Waals surface area contributed by atoms with Crippen molar-refractivity contribution >= 4 is 46.7 Å². The van der Waals surface area contributed by atoms with Crippen LogP contribution in [0.4, 0.5) is 0 Å². The Balaban J connectivity index is 2.15. The number of aromatic nitrogens is 3. The summed E-state index contributed by atoms with van der Waals surface area (Å²) in [6.45, 7) is 7.39. The number of thiazole rings is 1. The zero-order valence-electron chi connectivity index (χ0n) is 24.9. The minimum Gasteiger partial charge on any atom is -0.481 e. The Hall–Kier alpha value is -3.98. The SMILES string of the molecule is CCC(C)[C@H](CC(=O)C(N)Cc1cnc[nH]1)C(=O)N(C)[C@H](C(=O)Cc1nc(C(=O)N[C@@H](CC(=O)O)C(=O)O)cs1)C(C)C. The Morgan fingerprint density at radius 3 is 2.30 bits per heavy atom. The van der Waals surface area contributed by atoms with E-state index in [1.54, 1.807) is 20.0 Å². The van der Waals surface area contributed by atoms with E-state index in [0.29, 0.717) is 12.1 Å². The van der Waals surface area contributed by atoms with E-state index in [-0.39, 0.29) is 59.3 Å². The van der Waals surface area contributed by atoms with Crippen molar-refractivity contribution in [2.24, 2.45) is 23.5 Å². The third-order valence-electron chi connectivity index (χ3n) is 7.30. The lowest BCUT2D eigenvalue weighted by molar-refractivity contribution is -0.145. The first-order valence-corrected chi connectivity index (χ1v) is 14.8. The number of ketones is 2. The summed E-state index contributed by atoms with van der Waals surface area (Å²) in [6.07, 6.45) is 2.89. The maximum atomic E-state index is 13.8. The van der Waals surface area contributed by atoms with Gasteiger partial charge in [0.25, 0.3) is 5.91 Å². The molecular weight excluding hydrogens is 580 g/mol. The number of nitrogens with two attached hydrogens (primary N) is 1. The second kappa shape index (κ2) is 16.0. The highest BCUT2D eigenvalue weighted by molar-refractivity contribution is 7.10. The zero-order valence-corrected chi connectivity index (χ0v) is 25.7. The molecule has 0 radical (unpaired) electrons. The van der Waals surface area contributed by atoms with Crippen LogP contribution in [0, 0.1) is 17.8 Å². The van der Waals surface area contributed by atoms with E-state index in [9.17, 15) is 28.8 Å². The lowest BCUT2D eigenvalue weighted by Crippen LogP contribution is -2.50. The quantitative estimate of drug-likeness (QED) is 0.160. The fraction of sp³-hybridized carbons (Fsp3) is 0.571. The number of carbonyl (C=O) groups excluding carboxylic acids is 4. The number of carboxylic acids is 2. The van der Waals surface area contributed by atoms with E-state index >= 15 is 0 Å². The lowest BCUT2D eigenvalue weighted by Gasteiger charge is -2.34. The zero-order chi connectivity index (χ0) is 32.4. The molecule has 0 bridgehead atoms. The van der Waals surface area contributed by atoms with Crippen molar-refractivity contribution in [1.29, 1.82) is 0 Å². The van der Waals surface area contributed by atoms with Crippen LogP contribution in [0.25, 0.3) is 0 Å². The standard InChI is InChI=1S/C28H40N6O8S/c1-6-15(4)17(8-21(35)18(29)7-16-11-30-13-31-16)27(40)34(5)25(14(2)3)22(36)10-23-32-20(12-43-23)26(39)33-19(28(41)42)9-24(37)38/h11-15,17-19,25H,6-10,29H2,1-5H3,(H,30,31)(H,33,39)(H,37,38)(H,41,42)/t15?,17-,18?,19-,25-/m0/s1. The van der Waals surface area contributed by atoms with Crippen LogP contribution in [0.15, 0.2) is 17.9 Å². The normalized spacial score (nSPS) is 14.8. The minimum absolute atomic E-state index is 0.0728. The molecule has 2 rings (SSSR count). The molecule has 6 N–H and O–H groups in total. The first kappa shape index (κ1) is 35.2. The molecule has 0 aliphatic carbocycles. The summed E-state index contributed by atoms with van der Waals surface area (Å²) in [6, 6.07) is -3.31. The van der Waals surface area contributed by atoms with E-state index in [1.807, 2.05) is 13.8 Å². The molecule has 43 heavy (non-hydrogen) atoms. The number of likely N-dealkylation sites (N-methyl/N-ethyl adjacent to an activating group) is 1. The highest BCUT2D eigenvalue weighted by Crippen LogP contribution is 2.26. The van der Waals surface area contributed by atoms with Crippen LogP contribution in [0.1, 0.15) is 68.1 Å².